The van der Waals surface area contributed by atoms with Gasteiger partial charge in [0.05, 0.1) is 33.3 Å². The molecule has 1 fully saturated rings. The van der Waals surface area contributed by atoms with E-state index in [-0.39, 0.29) is 12.4 Å². The van der Waals surface area contributed by atoms with Crippen LogP contribution in [0.1, 0.15) is 33.9 Å². The largest absolute Gasteiger partial charge is 1.00 e. The number of hydrogen-bond donors (Lipinski definition) is 3. The highest BCUT2D eigenvalue weighted by Crippen LogP contribution is 2.43. The van der Waals surface area contributed by atoms with Crippen LogP contribution in [0, 0.1) is 0 Å². The van der Waals surface area contributed by atoms with Crippen LogP contribution in [-0.4, -0.2) is 63.1 Å². The van der Waals surface area contributed by atoms with E-state index < -0.39 is 49.7 Å². The van der Waals surface area contributed by atoms with Gasteiger partial charge in [-0.05, 0) is 27.7 Å². The molecule has 12 nitrogen and oxygen atoms in total. The van der Waals surface area contributed by atoms with E-state index in [0.29, 0.717) is 0 Å². The third kappa shape index (κ3) is 7.56. The van der Waals surface area contributed by atoms with E-state index in [2.05, 4.69) is 20.8 Å². The maximum Gasteiger partial charge on any atom is 0.330 e. The van der Waals surface area contributed by atoms with Gasteiger partial charge in [-0.25, -0.2) is 13.8 Å². The van der Waals surface area contributed by atoms with Gasteiger partial charge < -0.3 is 36.6 Å². The van der Waals surface area contributed by atoms with E-state index in [1.54, 1.807) is 11.9 Å². The van der Waals surface area contributed by atoms with E-state index in [1.807, 2.05) is 4.98 Å². The third-order valence-electron chi connectivity index (χ3n) is 5.76. The maximum absolute atomic E-state index is 15.0. The zero-order valence-corrected chi connectivity index (χ0v) is 22.0. The number of ether oxygens (including phenoxy) is 1. The SMILES string of the molecule is CC[NH+](CC)CC.C[n+]1ccn(P(=O)([O-])OC[C@H]2O[C@@H](n3ccc(=O)[nH]c3=O)[C@](C)(F)[C@@H]2O)c1.[Cl-]. The number of nitrogens with one attached hydrogen (secondary N) is 2. The Labute approximate surface area is 208 Å². The molecule has 0 amide bonds. The Morgan fingerprint density at radius 3 is 2.37 bits per heavy atom. The summed E-state index contributed by atoms with van der Waals surface area (Å²) in [6, 6.07) is 0.995. The summed E-state index contributed by atoms with van der Waals surface area (Å²) >= 11 is 0. The second kappa shape index (κ2) is 12.9. The van der Waals surface area contributed by atoms with Gasteiger partial charge in [0.2, 0.25) is 6.33 Å². The molecule has 0 bridgehead atoms. The van der Waals surface area contributed by atoms with Gasteiger partial charge in [0.15, 0.2) is 11.9 Å². The highest BCUT2D eigenvalue weighted by Gasteiger charge is 2.55. The van der Waals surface area contributed by atoms with Crippen LogP contribution < -0.4 is 38.0 Å². The minimum atomic E-state index is -4.54. The standard InChI is InChI=1S/C14H18FN4O7P.C6H15N.ClH/c1-14(15)11(21)9(7-25-27(23,24)18-6-5-17(2)8-18)26-12(14)19-4-3-10(20)16-13(19)22;1-4-7(5-2)6-3;/h3-6,8-9,11-12,21H,7H2,1-2H3,(H-,16,20,22,23,24);4-6H2,1-3H3;1H/t9-,11-,12-,14-;;/m1../s1. The molecule has 3 heterocycles. The fourth-order valence-electron chi connectivity index (χ4n) is 3.53. The summed E-state index contributed by atoms with van der Waals surface area (Å²) in [6.45, 7) is 10.8. The van der Waals surface area contributed by atoms with Crippen molar-refractivity contribution in [3.8, 4) is 0 Å². The topological polar surface area (TPSA) is 147 Å². The van der Waals surface area contributed by atoms with Crippen LogP contribution in [0.15, 0.2) is 40.6 Å². The van der Waals surface area contributed by atoms with Crippen LogP contribution in [0.5, 0.6) is 0 Å². The molecule has 3 rings (SSSR count). The van der Waals surface area contributed by atoms with E-state index in [4.69, 9.17) is 9.26 Å². The van der Waals surface area contributed by atoms with Gasteiger partial charge in [0.25, 0.3) is 5.56 Å². The van der Waals surface area contributed by atoms with Crippen LogP contribution >= 0.6 is 7.75 Å². The van der Waals surface area contributed by atoms with Gasteiger partial charge in [0.1, 0.15) is 24.6 Å². The third-order valence-corrected chi connectivity index (χ3v) is 7.04. The first-order valence-electron chi connectivity index (χ1n) is 11.0. The molecular formula is C20H34ClFN5O7P. The molecule has 2 aromatic rings. The Bertz CT molecular complexity index is 1100. The van der Waals surface area contributed by atoms with Crippen molar-refractivity contribution in [2.45, 2.75) is 51.8 Å². The predicted octanol–water partition coefficient (Wildman–Crippen LogP) is -4.88. The summed E-state index contributed by atoms with van der Waals surface area (Å²) in [4.78, 5) is 38.8. The van der Waals surface area contributed by atoms with Crippen molar-refractivity contribution in [1.29, 1.82) is 0 Å². The zero-order valence-electron chi connectivity index (χ0n) is 20.4. The van der Waals surface area contributed by atoms with Gasteiger partial charge in [-0.15, -0.1) is 0 Å². The molecule has 0 aliphatic carbocycles. The number of halogens is 2. The van der Waals surface area contributed by atoms with Gasteiger partial charge in [-0.3, -0.25) is 18.9 Å². The number of aryl methyl sites for hydroxylation is 1. The summed E-state index contributed by atoms with van der Waals surface area (Å²) in [7, 11) is -2.92. The van der Waals surface area contributed by atoms with Gasteiger partial charge >= 0.3 is 13.4 Å². The van der Waals surface area contributed by atoms with Crippen LogP contribution in [0.2, 0.25) is 0 Å². The minimum absolute atomic E-state index is 0. The fraction of sp³-hybridized carbons (Fsp3) is 0.650. The van der Waals surface area contributed by atoms with Crippen LogP contribution in [0.4, 0.5) is 4.39 Å². The summed E-state index contributed by atoms with van der Waals surface area (Å²) in [5, 5.41) is 10.2. The summed E-state index contributed by atoms with van der Waals surface area (Å²) < 4.78 is 40.4. The normalized spacial score (nSPS) is 25.5. The van der Waals surface area contributed by atoms with E-state index in [0.717, 1.165) is 28.1 Å². The van der Waals surface area contributed by atoms with Crippen LogP contribution in [0.25, 0.3) is 0 Å². The molecule has 0 spiro atoms. The zero-order chi connectivity index (χ0) is 25.7. The van der Waals surface area contributed by atoms with E-state index >= 15 is 0 Å². The van der Waals surface area contributed by atoms with Crippen LogP contribution in [0.3, 0.4) is 0 Å². The maximum atomic E-state index is 15.0. The first-order valence-corrected chi connectivity index (χ1v) is 12.5. The summed E-state index contributed by atoms with van der Waals surface area (Å²) in [6.07, 6.45) is 0.284. The summed E-state index contributed by atoms with van der Waals surface area (Å²) in [5.41, 5.74) is -4.05. The second-order valence-electron chi connectivity index (χ2n) is 8.17. The second-order valence-corrected chi connectivity index (χ2v) is 9.83. The van der Waals surface area contributed by atoms with Crippen LogP contribution in [-0.2, 0) is 20.9 Å². The molecule has 1 saturated heterocycles. The van der Waals surface area contributed by atoms with Gasteiger partial charge in [-0.2, -0.15) is 4.34 Å². The number of nitrogens with zero attached hydrogens (tertiary/aromatic N) is 3. The number of aromatic amines is 1. The quantitative estimate of drug-likeness (QED) is 0.224. The van der Waals surface area contributed by atoms with Gasteiger partial charge in [-0.1, -0.05) is 0 Å². The van der Waals surface area contributed by atoms with Gasteiger partial charge in [0, 0.05) is 12.3 Å². The van der Waals surface area contributed by atoms with E-state index in [1.165, 1.54) is 42.9 Å². The number of aliphatic hydroxyl groups is 1. The average Bonchev–Trinajstić information content (AvgIpc) is 3.31. The Kier molecular flexibility index (Phi) is 11.5. The molecule has 1 unspecified atom stereocenters. The lowest BCUT2D eigenvalue weighted by atomic mass is 9.98. The molecular weight excluding hydrogens is 508 g/mol. The Morgan fingerprint density at radius 1 is 1.31 bits per heavy atom. The molecule has 3 N–H and O–H groups in total. The molecule has 5 atom stereocenters. The molecule has 2 aromatic heterocycles. The Morgan fingerprint density at radius 2 is 1.91 bits per heavy atom. The predicted molar refractivity (Wildman–Crippen MR) is 118 cm³/mol. The molecule has 0 saturated carbocycles. The number of rotatable bonds is 8. The van der Waals surface area contributed by atoms with Crippen molar-refractivity contribution in [3.05, 3.63) is 51.8 Å². The minimum Gasteiger partial charge on any atom is -1.00 e. The first kappa shape index (κ1) is 31.2. The molecule has 1 aliphatic rings. The molecule has 200 valence electrons. The Hall–Kier alpha value is -1.86. The van der Waals surface area contributed by atoms with Crippen molar-refractivity contribution in [2.75, 3.05) is 26.2 Å². The smallest absolute Gasteiger partial charge is 0.330 e. The summed E-state index contributed by atoms with van der Waals surface area (Å²) in [5.74, 6) is 0. The number of alkyl halides is 1. The lowest BCUT2D eigenvalue weighted by Gasteiger charge is -2.24. The molecule has 35 heavy (non-hydrogen) atoms. The lowest BCUT2D eigenvalue weighted by Crippen LogP contribution is -3.11. The monoisotopic (exact) mass is 541 g/mol. The number of H-pyrrole nitrogens is 1. The number of hydrogen-bond acceptors (Lipinski definition) is 7. The lowest BCUT2D eigenvalue weighted by molar-refractivity contribution is -0.894. The van der Waals surface area contributed by atoms with Crippen molar-refractivity contribution < 1.29 is 50.1 Å². The highest BCUT2D eigenvalue weighted by atomic mass is 35.5. The van der Waals surface area contributed by atoms with Crippen molar-refractivity contribution in [3.63, 3.8) is 0 Å². The van der Waals surface area contributed by atoms with Crippen molar-refractivity contribution in [1.82, 2.24) is 13.9 Å². The molecule has 0 radical (unpaired) electrons. The first-order chi connectivity index (χ1) is 15.9. The average molecular weight is 542 g/mol. The number of quaternary nitrogens is 1. The fourth-order valence-corrected chi connectivity index (χ4v) is 4.51. The van der Waals surface area contributed by atoms with Crippen molar-refractivity contribution >= 4 is 7.75 Å². The molecule has 1 aliphatic heterocycles. The molecule has 0 aromatic carbocycles. The molecule has 15 heteroatoms. The highest BCUT2D eigenvalue weighted by molar-refractivity contribution is 7.49. The number of aromatic nitrogens is 4. The number of imidazole rings is 1. The number of aliphatic hydroxyl groups excluding tert-OH is 1. The Balaban J connectivity index is 0.000000672. The van der Waals surface area contributed by atoms with E-state index in [9.17, 15) is 28.5 Å². The van der Waals surface area contributed by atoms with Crippen molar-refractivity contribution in [2.24, 2.45) is 7.05 Å².